The Hall–Kier alpha value is -3.06. The molecule has 4 rings (SSSR count). The highest BCUT2D eigenvalue weighted by atomic mass is 33.1. The lowest BCUT2D eigenvalue weighted by atomic mass is 10.1. The van der Waals surface area contributed by atoms with Gasteiger partial charge < -0.3 is 26.0 Å². The Bertz CT molecular complexity index is 1060. The summed E-state index contributed by atoms with van der Waals surface area (Å²) in [7, 11) is 2.97. The first-order valence-corrected chi connectivity index (χ1v) is 14.5. The number of allylic oxidation sites excluding steroid dienone is 1. The lowest BCUT2D eigenvalue weighted by molar-refractivity contribution is -0.148. The molecule has 3 aliphatic rings. The van der Waals surface area contributed by atoms with E-state index in [2.05, 4.69) is 26.3 Å². The van der Waals surface area contributed by atoms with Gasteiger partial charge >= 0.3 is 5.97 Å². The molecule has 3 heterocycles. The van der Waals surface area contributed by atoms with E-state index in [0.717, 1.165) is 5.56 Å². The van der Waals surface area contributed by atoms with E-state index in [1.807, 2.05) is 6.08 Å². The zero-order chi connectivity index (χ0) is 26.3. The molecule has 0 unspecified atom stereocenters. The topological polar surface area (TPSA) is 156 Å². The molecule has 2 bridgehead atoms. The Labute approximate surface area is 222 Å². The van der Waals surface area contributed by atoms with Crippen molar-refractivity contribution >= 4 is 51.2 Å². The van der Waals surface area contributed by atoms with Gasteiger partial charge in [-0.3, -0.25) is 29.0 Å². The van der Waals surface area contributed by atoms with Crippen molar-refractivity contribution in [3.63, 3.8) is 0 Å². The minimum Gasteiger partial charge on any atom is -0.456 e. The Morgan fingerprint density at radius 3 is 2.68 bits per heavy atom. The van der Waals surface area contributed by atoms with E-state index in [-0.39, 0.29) is 18.6 Å². The van der Waals surface area contributed by atoms with Crippen molar-refractivity contribution in [2.45, 2.75) is 55.8 Å². The molecular formula is C24H29N5O6S2. The molecular weight excluding hydrogens is 518 g/mol. The van der Waals surface area contributed by atoms with Gasteiger partial charge in [-0.05, 0) is 37.0 Å². The average molecular weight is 548 g/mol. The van der Waals surface area contributed by atoms with Gasteiger partial charge in [0.15, 0.2) is 0 Å². The number of nitrogens with zero attached hydrogens (tertiary/aromatic N) is 1. The molecule has 2 aliphatic heterocycles. The summed E-state index contributed by atoms with van der Waals surface area (Å²) in [5.74, 6) is -1.75. The van der Waals surface area contributed by atoms with E-state index in [0.29, 0.717) is 25.0 Å². The number of fused-ring (bicyclic) bond motifs is 7. The van der Waals surface area contributed by atoms with Crippen molar-refractivity contribution in [3.8, 4) is 0 Å². The highest BCUT2D eigenvalue weighted by Gasteiger charge is 2.52. The summed E-state index contributed by atoms with van der Waals surface area (Å²) in [5, 5.41) is 10.8. The van der Waals surface area contributed by atoms with E-state index in [9.17, 15) is 24.0 Å². The molecule has 4 amide bonds. The number of esters is 1. The van der Waals surface area contributed by atoms with Gasteiger partial charge in [-0.2, -0.15) is 0 Å². The van der Waals surface area contributed by atoms with Gasteiger partial charge in [0.05, 0.1) is 6.42 Å². The maximum Gasteiger partial charge on any atom is 0.326 e. The predicted octanol–water partition coefficient (Wildman–Crippen LogP) is 0.0155. The summed E-state index contributed by atoms with van der Waals surface area (Å²) in [5.41, 5.74) is -0.399. The molecule has 198 valence electrons. The number of carbonyl (C=O) groups is 5. The van der Waals surface area contributed by atoms with Crippen molar-refractivity contribution < 1.29 is 28.7 Å². The monoisotopic (exact) mass is 547 g/mol. The minimum absolute atomic E-state index is 0.147. The van der Waals surface area contributed by atoms with Gasteiger partial charge in [0.25, 0.3) is 0 Å². The summed E-state index contributed by atoms with van der Waals surface area (Å²) in [6.45, 7) is -0.391. The maximum atomic E-state index is 13.4. The lowest BCUT2D eigenvalue weighted by Gasteiger charge is -2.26. The maximum absolute atomic E-state index is 13.4. The fourth-order valence-corrected chi connectivity index (χ4v) is 6.09. The Kier molecular flexibility index (Phi) is 9.09. The number of nitrogens with one attached hydrogen (secondary N) is 4. The van der Waals surface area contributed by atoms with Crippen LogP contribution in [-0.2, 0) is 35.1 Å². The van der Waals surface area contributed by atoms with Crippen molar-refractivity contribution in [3.05, 3.63) is 42.2 Å². The van der Waals surface area contributed by atoms with Crippen LogP contribution >= 0.6 is 21.6 Å². The Balaban J connectivity index is 1.65. The molecule has 1 aromatic heterocycles. The Morgan fingerprint density at radius 1 is 1.08 bits per heavy atom. The standard InChI is InChI=1S/C24H29N5O6S2/c30-19-11-16-5-1-2-9-36-37-14-18(28-21(32)17(27-19)10-15-4-3-8-25-12-15)22(33)29-24(6-7-24)23(34)26-13-20(31)35-16/h1,3-5,8,12,16-18H,2,6-7,9-11,13-14H2,(H,26,34)(H,27,30)(H,28,32)(H,29,33)/b5-1+/t16-,17-,18-/m1/s1. The lowest BCUT2D eigenvalue weighted by Crippen LogP contribution is -2.59. The fourth-order valence-electron chi connectivity index (χ4n) is 3.93. The van der Waals surface area contributed by atoms with Crippen molar-refractivity contribution in [2.75, 3.05) is 18.1 Å². The summed E-state index contributed by atoms with van der Waals surface area (Å²) in [6.07, 6.45) is 7.25. The SMILES string of the molecule is O=C1C[C@H]2/C=C/CCSSC[C@@H](NC(=O)[C@@H](Cc3cccnc3)N1)C(=O)NC1(CC1)C(=O)NCC(=O)O2. The first-order valence-electron chi connectivity index (χ1n) is 12.0. The molecule has 1 saturated heterocycles. The van der Waals surface area contributed by atoms with Crippen LogP contribution in [0.3, 0.4) is 0 Å². The number of pyridine rings is 1. The molecule has 3 atom stereocenters. The number of rotatable bonds is 2. The fraction of sp³-hybridized carbons (Fsp3) is 0.500. The summed E-state index contributed by atoms with van der Waals surface area (Å²) in [4.78, 5) is 68.9. The zero-order valence-electron chi connectivity index (χ0n) is 20.1. The van der Waals surface area contributed by atoms with E-state index >= 15 is 0 Å². The minimum atomic E-state index is -1.12. The van der Waals surface area contributed by atoms with E-state index in [1.165, 1.54) is 21.6 Å². The van der Waals surface area contributed by atoms with Crippen LogP contribution in [0.25, 0.3) is 0 Å². The van der Waals surface area contributed by atoms with E-state index in [4.69, 9.17) is 4.74 Å². The molecule has 37 heavy (non-hydrogen) atoms. The molecule has 1 saturated carbocycles. The second-order valence-corrected chi connectivity index (χ2v) is 11.7. The van der Waals surface area contributed by atoms with Crippen LogP contribution in [0.5, 0.6) is 0 Å². The molecule has 1 aromatic rings. The van der Waals surface area contributed by atoms with Crippen LogP contribution in [0.2, 0.25) is 0 Å². The number of aromatic nitrogens is 1. The third kappa shape index (κ3) is 7.71. The second kappa shape index (κ2) is 12.5. The summed E-state index contributed by atoms with van der Waals surface area (Å²) >= 11 is 0. The van der Waals surface area contributed by atoms with Gasteiger partial charge in [-0.1, -0.05) is 33.7 Å². The smallest absolute Gasteiger partial charge is 0.326 e. The summed E-state index contributed by atoms with van der Waals surface area (Å²) < 4.78 is 5.46. The third-order valence-electron chi connectivity index (χ3n) is 6.09. The number of hydrogen-bond acceptors (Lipinski definition) is 9. The van der Waals surface area contributed by atoms with Crippen LogP contribution in [0.4, 0.5) is 0 Å². The van der Waals surface area contributed by atoms with Crippen LogP contribution in [-0.4, -0.2) is 76.4 Å². The van der Waals surface area contributed by atoms with Crippen LogP contribution in [0.15, 0.2) is 36.7 Å². The van der Waals surface area contributed by atoms with Gasteiger partial charge in [-0.25, -0.2) is 0 Å². The van der Waals surface area contributed by atoms with Crippen LogP contribution in [0.1, 0.15) is 31.2 Å². The summed E-state index contributed by atoms with van der Waals surface area (Å²) in [6, 6.07) is 1.58. The normalized spacial score (nSPS) is 28.1. The number of ether oxygens (including phenoxy) is 1. The van der Waals surface area contributed by atoms with Crippen LogP contribution in [0, 0.1) is 0 Å². The Morgan fingerprint density at radius 2 is 1.92 bits per heavy atom. The number of hydrogen-bond donors (Lipinski definition) is 4. The second-order valence-electron chi connectivity index (χ2n) is 9.06. The largest absolute Gasteiger partial charge is 0.456 e. The number of carbonyl (C=O) groups excluding carboxylic acids is 5. The molecule has 0 aromatic carbocycles. The quantitative estimate of drug-likeness (QED) is 0.228. The van der Waals surface area contributed by atoms with E-state index < -0.39 is 59.9 Å². The molecule has 2 fully saturated rings. The van der Waals surface area contributed by atoms with Gasteiger partial charge in [0.2, 0.25) is 23.6 Å². The van der Waals surface area contributed by atoms with Crippen molar-refractivity contribution in [2.24, 2.45) is 0 Å². The molecule has 4 N–H and O–H groups in total. The van der Waals surface area contributed by atoms with Gasteiger partial charge in [0, 0.05) is 30.3 Å². The van der Waals surface area contributed by atoms with Crippen LogP contribution < -0.4 is 21.3 Å². The first kappa shape index (κ1) is 27.0. The molecule has 13 heteroatoms. The highest BCUT2D eigenvalue weighted by Crippen LogP contribution is 2.36. The van der Waals surface area contributed by atoms with Crippen molar-refractivity contribution in [1.82, 2.24) is 26.3 Å². The van der Waals surface area contributed by atoms with E-state index in [1.54, 1.807) is 30.6 Å². The average Bonchev–Trinajstić information content (AvgIpc) is 3.65. The van der Waals surface area contributed by atoms with Crippen molar-refractivity contribution in [1.29, 1.82) is 0 Å². The first-order chi connectivity index (χ1) is 17.8. The van der Waals surface area contributed by atoms with Gasteiger partial charge in [-0.15, -0.1) is 0 Å². The van der Waals surface area contributed by atoms with Gasteiger partial charge in [0.1, 0.15) is 30.3 Å². The molecule has 1 spiro atoms. The molecule has 0 radical (unpaired) electrons. The number of amides is 4. The predicted molar refractivity (Wildman–Crippen MR) is 138 cm³/mol. The zero-order valence-corrected chi connectivity index (χ0v) is 21.7. The molecule has 1 aliphatic carbocycles. The third-order valence-corrected chi connectivity index (χ3v) is 8.54. The highest BCUT2D eigenvalue weighted by molar-refractivity contribution is 8.76. The molecule has 11 nitrogen and oxygen atoms in total.